The molecule has 1 heterocycles. The van der Waals surface area contributed by atoms with Gasteiger partial charge < -0.3 is 16.4 Å². The maximum absolute atomic E-state index is 5.77. The van der Waals surface area contributed by atoms with Gasteiger partial charge in [-0.05, 0) is 26.4 Å². The van der Waals surface area contributed by atoms with Crippen molar-refractivity contribution in [1.29, 1.82) is 0 Å². The molecule has 4 N–H and O–H groups in total. The highest BCUT2D eigenvalue weighted by atomic mass is 15.3. The molecule has 0 aromatic carbocycles. The molecule has 1 atom stereocenters. The number of hydrogen-bond donors (Lipinski definition) is 2. The summed E-state index contributed by atoms with van der Waals surface area (Å²) in [5, 5.41) is 0. The third-order valence-corrected chi connectivity index (χ3v) is 2.69. The molecule has 14 heavy (non-hydrogen) atoms. The lowest BCUT2D eigenvalue weighted by atomic mass is 10.2. The molecule has 1 aliphatic heterocycles. The van der Waals surface area contributed by atoms with Crippen LogP contribution < -0.4 is 11.5 Å². The molecule has 0 aromatic rings. The summed E-state index contributed by atoms with van der Waals surface area (Å²) < 4.78 is 0. The molecule has 0 aliphatic carbocycles. The Morgan fingerprint density at radius 3 is 2.21 bits per heavy atom. The van der Waals surface area contributed by atoms with Crippen LogP contribution in [0.3, 0.4) is 0 Å². The summed E-state index contributed by atoms with van der Waals surface area (Å²) in [7, 11) is 0. The fourth-order valence-corrected chi connectivity index (χ4v) is 1.92. The van der Waals surface area contributed by atoms with Crippen LogP contribution in [0, 0.1) is 0 Å². The number of nitrogens with two attached hydrogens (primary N) is 2. The summed E-state index contributed by atoms with van der Waals surface area (Å²) in [5.74, 6) is 0. The molecule has 1 aliphatic rings. The first-order valence-corrected chi connectivity index (χ1v) is 5.62. The Hall–Kier alpha value is -0.160. The molecular weight excluding hydrogens is 176 g/mol. The molecule has 0 bridgehead atoms. The van der Waals surface area contributed by atoms with Crippen molar-refractivity contribution in [2.45, 2.75) is 19.4 Å². The van der Waals surface area contributed by atoms with Gasteiger partial charge in [0.05, 0.1) is 0 Å². The second-order valence-corrected chi connectivity index (χ2v) is 4.26. The van der Waals surface area contributed by atoms with E-state index in [1.54, 1.807) is 0 Å². The summed E-state index contributed by atoms with van der Waals surface area (Å²) in [6.07, 6.45) is 1.12. The van der Waals surface area contributed by atoms with E-state index in [2.05, 4.69) is 16.7 Å². The van der Waals surface area contributed by atoms with Crippen LogP contribution >= 0.6 is 0 Å². The van der Waals surface area contributed by atoms with Crippen LogP contribution in [0.2, 0.25) is 0 Å². The molecule has 1 fully saturated rings. The van der Waals surface area contributed by atoms with Crippen LogP contribution in [-0.2, 0) is 0 Å². The largest absolute Gasteiger partial charge is 0.330 e. The Balaban J connectivity index is 2.11. The predicted molar refractivity (Wildman–Crippen MR) is 60.2 cm³/mol. The number of hydrogen-bond acceptors (Lipinski definition) is 4. The molecule has 1 rings (SSSR count). The van der Waals surface area contributed by atoms with Crippen molar-refractivity contribution in [2.75, 3.05) is 45.8 Å². The normalized spacial score (nSPS) is 22.5. The average Bonchev–Trinajstić information content (AvgIpc) is 2.16. The van der Waals surface area contributed by atoms with E-state index in [-0.39, 0.29) is 0 Å². The van der Waals surface area contributed by atoms with Crippen molar-refractivity contribution in [2.24, 2.45) is 11.5 Å². The van der Waals surface area contributed by atoms with Crippen molar-refractivity contribution >= 4 is 0 Å². The minimum Gasteiger partial charge on any atom is -0.330 e. The minimum atomic E-state index is 0.297. The van der Waals surface area contributed by atoms with Gasteiger partial charge in [0.1, 0.15) is 0 Å². The molecule has 4 heteroatoms. The SMILES string of the molecule is CC(N)CN1CCN(CCCN)CC1. The Morgan fingerprint density at radius 1 is 1.14 bits per heavy atom. The van der Waals surface area contributed by atoms with E-state index < -0.39 is 0 Å². The Morgan fingerprint density at radius 2 is 1.71 bits per heavy atom. The van der Waals surface area contributed by atoms with Crippen molar-refractivity contribution in [3.63, 3.8) is 0 Å². The molecule has 0 amide bonds. The second-order valence-electron chi connectivity index (χ2n) is 4.26. The van der Waals surface area contributed by atoms with Gasteiger partial charge in [0.15, 0.2) is 0 Å². The molecule has 0 saturated carbocycles. The van der Waals surface area contributed by atoms with Crippen molar-refractivity contribution in [3.05, 3.63) is 0 Å². The zero-order valence-corrected chi connectivity index (χ0v) is 9.28. The highest BCUT2D eigenvalue weighted by molar-refractivity contribution is 4.74. The first-order valence-electron chi connectivity index (χ1n) is 5.62. The molecule has 0 radical (unpaired) electrons. The Labute approximate surface area is 87.2 Å². The monoisotopic (exact) mass is 200 g/mol. The molecule has 1 unspecified atom stereocenters. The minimum absolute atomic E-state index is 0.297. The maximum atomic E-state index is 5.77. The number of rotatable bonds is 5. The first-order chi connectivity index (χ1) is 6.72. The fraction of sp³-hybridized carbons (Fsp3) is 1.00. The van der Waals surface area contributed by atoms with E-state index >= 15 is 0 Å². The van der Waals surface area contributed by atoms with E-state index in [4.69, 9.17) is 11.5 Å². The molecule has 84 valence electrons. The van der Waals surface area contributed by atoms with E-state index in [1.807, 2.05) is 0 Å². The number of nitrogens with zero attached hydrogens (tertiary/aromatic N) is 2. The van der Waals surface area contributed by atoms with Gasteiger partial charge in [-0.3, -0.25) is 4.90 Å². The third kappa shape index (κ3) is 4.37. The smallest absolute Gasteiger partial charge is 0.0139 e. The zero-order chi connectivity index (χ0) is 10.4. The van der Waals surface area contributed by atoms with Crippen LogP contribution in [0.4, 0.5) is 0 Å². The van der Waals surface area contributed by atoms with Crippen molar-refractivity contribution in [3.8, 4) is 0 Å². The molecule has 4 nitrogen and oxygen atoms in total. The lowest BCUT2D eigenvalue weighted by Gasteiger charge is -2.35. The second kappa shape index (κ2) is 6.35. The topological polar surface area (TPSA) is 58.5 Å². The maximum Gasteiger partial charge on any atom is 0.0139 e. The van der Waals surface area contributed by atoms with E-state index in [1.165, 1.54) is 13.1 Å². The summed E-state index contributed by atoms with van der Waals surface area (Å²) >= 11 is 0. The Bertz CT molecular complexity index is 141. The quantitative estimate of drug-likeness (QED) is 0.616. The van der Waals surface area contributed by atoms with Crippen molar-refractivity contribution < 1.29 is 0 Å². The van der Waals surface area contributed by atoms with E-state index in [0.717, 1.165) is 39.1 Å². The van der Waals surface area contributed by atoms with Crippen LogP contribution in [-0.4, -0.2) is 61.7 Å². The highest BCUT2D eigenvalue weighted by Gasteiger charge is 2.16. The fourth-order valence-electron chi connectivity index (χ4n) is 1.92. The lowest BCUT2D eigenvalue weighted by molar-refractivity contribution is 0.128. The Kier molecular flexibility index (Phi) is 5.40. The van der Waals surface area contributed by atoms with Gasteiger partial charge in [0, 0.05) is 38.8 Å². The first kappa shape index (κ1) is 11.9. The molecule has 0 spiro atoms. The molecule has 1 saturated heterocycles. The summed E-state index contributed by atoms with van der Waals surface area (Å²) in [6.45, 7) is 9.73. The van der Waals surface area contributed by atoms with E-state index in [9.17, 15) is 0 Å². The third-order valence-electron chi connectivity index (χ3n) is 2.69. The molecule has 0 aromatic heterocycles. The van der Waals surface area contributed by atoms with Gasteiger partial charge >= 0.3 is 0 Å². The van der Waals surface area contributed by atoms with Gasteiger partial charge in [0.25, 0.3) is 0 Å². The zero-order valence-electron chi connectivity index (χ0n) is 9.28. The summed E-state index contributed by atoms with van der Waals surface area (Å²) in [4.78, 5) is 4.94. The summed E-state index contributed by atoms with van der Waals surface area (Å²) in [6, 6.07) is 0.297. The lowest BCUT2D eigenvalue weighted by Crippen LogP contribution is -2.49. The van der Waals surface area contributed by atoms with Crippen LogP contribution in [0.5, 0.6) is 0 Å². The number of piperazine rings is 1. The summed E-state index contributed by atoms with van der Waals surface area (Å²) in [5.41, 5.74) is 11.3. The van der Waals surface area contributed by atoms with E-state index in [0.29, 0.717) is 6.04 Å². The van der Waals surface area contributed by atoms with Gasteiger partial charge in [0.2, 0.25) is 0 Å². The average molecular weight is 200 g/mol. The van der Waals surface area contributed by atoms with Crippen molar-refractivity contribution in [1.82, 2.24) is 9.80 Å². The highest BCUT2D eigenvalue weighted by Crippen LogP contribution is 2.02. The van der Waals surface area contributed by atoms with Gasteiger partial charge in [-0.15, -0.1) is 0 Å². The van der Waals surface area contributed by atoms with Gasteiger partial charge in [-0.25, -0.2) is 0 Å². The standard InChI is InChI=1S/C10H24N4/c1-10(12)9-14-7-5-13(6-8-14)4-2-3-11/h10H,2-9,11-12H2,1H3. The molecular formula is C10H24N4. The van der Waals surface area contributed by atoms with Crippen LogP contribution in [0.25, 0.3) is 0 Å². The van der Waals surface area contributed by atoms with Crippen LogP contribution in [0.15, 0.2) is 0 Å². The predicted octanol–water partition coefficient (Wildman–Crippen LogP) is -0.700. The van der Waals surface area contributed by atoms with Gasteiger partial charge in [-0.2, -0.15) is 0 Å². The van der Waals surface area contributed by atoms with Gasteiger partial charge in [-0.1, -0.05) is 0 Å². The van der Waals surface area contributed by atoms with Crippen LogP contribution in [0.1, 0.15) is 13.3 Å².